The fourth-order valence-electron chi connectivity index (χ4n) is 3.56. The summed E-state index contributed by atoms with van der Waals surface area (Å²) < 4.78 is 8.82. The summed E-state index contributed by atoms with van der Waals surface area (Å²) in [6.07, 6.45) is 9.63. The summed E-state index contributed by atoms with van der Waals surface area (Å²) in [6.45, 7) is 0.390. The highest BCUT2D eigenvalue weighted by Gasteiger charge is 2.20. The SMILES string of the molecule is Cn1c(=O)n(Cc2cc(C3CCCCC3)no2)c2cnccc21. The molecule has 3 aromatic rings. The Balaban J connectivity index is 1.65. The summed E-state index contributed by atoms with van der Waals surface area (Å²) in [5.74, 6) is 1.23. The molecule has 0 unspecified atom stereocenters. The maximum Gasteiger partial charge on any atom is 0.329 e. The molecule has 1 aliphatic carbocycles. The van der Waals surface area contributed by atoms with Crippen LogP contribution in [-0.2, 0) is 13.6 Å². The molecule has 0 bridgehead atoms. The second-order valence-electron chi connectivity index (χ2n) is 6.35. The lowest BCUT2D eigenvalue weighted by Gasteiger charge is -2.18. The van der Waals surface area contributed by atoms with E-state index in [1.165, 1.54) is 32.1 Å². The molecule has 6 nitrogen and oxygen atoms in total. The molecule has 1 fully saturated rings. The highest BCUT2D eigenvalue weighted by molar-refractivity contribution is 5.74. The van der Waals surface area contributed by atoms with Crippen molar-refractivity contribution in [1.82, 2.24) is 19.3 Å². The van der Waals surface area contributed by atoms with Crippen LogP contribution in [0.4, 0.5) is 0 Å². The van der Waals surface area contributed by atoms with Crippen molar-refractivity contribution in [3.63, 3.8) is 0 Å². The number of fused-ring (bicyclic) bond motifs is 1. The topological polar surface area (TPSA) is 65.8 Å². The molecule has 0 amide bonds. The van der Waals surface area contributed by atoms with Gasteiger partial charge in [-0.25, -0.2) is 4.79 Å². The predicted octanol–water partition coefficient (Wildman–Crippen LogP) is 2.82. The molecule has 0 radical (unpaired) electrons. The van der Waals surface area contributed by atoms with Crippen LogP contribution in [0, 0.1) is 0 Å². The molecule has 0 saturated heterocycles. The quantitative estimate of drug-likeness (QED) is 0.746. The van der Waals surface area contributed by atoms with E-state index in [-0.39, 0.29) is 5.69 Å². The third-order valence-electron chi connectivity index (χ3n) is 4.86. The first-order valence-electron chi connectivity index (χ1n) is 8.19. The van der Waals surface area contributed by atoms with Crippen LogP contribution in [0.25, 0.3) is 11.0 Å². The van der Waals surface area contributed by atoms with Crippen LogP contribution in [-0.4, -0.2) is 19.3 Å². The Morgan fingerprint density at radius 1 is 1.26 bits per heavy atom. The molecule has 4 rings (SSSR count). The number of imidazole rings is 1. The average Bonchev–Trinajstić information content (AvgIpc) is 3.16. The van der Waals surface area contributed by atoms with Crippen molar-refractivity contribution in [2.45, 2.75) is 44.6 Å². The fourth-order valence-corrected chi connectivity index (χ4v) is 3.56. The molecule has 1 saturated carbocycles. The van der Waals surface area contributed by atoms with Gasteiger partial charge in [0.2, 0.25) is 0 Å². The van der Waals surface area contributed by atoms with E-state index >= 15 is 0 Å². The molecule has 0 aliphatic heterocycles. The Morgan fingerprint density at radius 2 is 2.09 bits per heavy atom. The summed E-state index contributed by atoms with van der Waals surface area (Å²) in [5.41, 5.74) is 2.65. The predicted molar refractivity (Wildman–Crippen MR) is 86.4 cm³/mol. The standard InChI is InChI=1S/C17H20N4O2/c1-20-15-7-8-18-10-16(15)21(17(20)22)11-13-9-14(19-23-13)12-5-3-2-4-6-12/h7-10,12H,2-6,11H2,1H3. The van der Waals surface area contributed by atoms with E-state index < -0.39 is 0 Å². The number of rotatable bonds is 3. The molecule has 1 aliphatic rings. The van der Waals surface area contributed by atoms with E-state index in [0.717, 1.165) is 22.5 Å². The molecule has 0 spiro atoms. The van der Waals surface area contributed by atoms with E-state index in [2.05, 4.69) is 10.1 Å². The lowest BCUT2D eigenvalue weighted by atomic mass is 9.87. The van der Waals surface area contributed by atoms with Crippen molar-refractivity contribution in [3.05, 3.63) is 46.5 Å². The fraction of sp³-hybridized carbons (Fsp3) is 0.471. The lowest BCUT2D eigenvalue weighted by Crippen LogP contribution is -2.22. The van der Waals surface area contributed by atoms with Crippen LogP contribution in [0.15, 0.2) is 33.8 Å². The van der Waals surface area contributed by atoms with Crippen LogP contribution < -0.4 is 5.69 Å². The average molecular weight is 312 g/mol. The van der Waals surface area contributed by atoms with Gasteiger partial charge in [0.25, 0.3) is 0 Å². The van der Waals surface area contributed by atoms with E-state index in [1.807, 2.05) is 12.1 Å². The Hall–Kier alpha value is -2.37. The van der Waals surface area contributed by atoms with Gasteiger partial charge >= 0.3 is 5.69 Å². The summed E-state index contributed by atoms with van der Waals surface area (Å²) in [5, 5.41) is 4.24. The number of pyridine rings is 1. The summed E-state index contributed by atoms with van der Waals surface area (Å²) >= 11 is 0. The third-order valence-corrected chi connectivity index (χ3v) is 4.86. The first-order valence-corrected chi connectivity index (χ1v) is 8.19. The Labute approximate surface area is 133 Å². The highest BCUT2D eigenvalue weighted by atomic mass is 16.5. The monoisotopic (exact) mass is 312 g/mol. The first kappa shape index (κ1) is 14.2. The van der Waals surface area contributed by atoms with Crippen LogP contribution in [0.2, 0.25) is 0 Å². The van der Waals surface area contributed by atoms with Crippen molar-refractivity contribution in [1.29, 1.82) is 0 Å². The first-order chi connectivity index (χ1) is 11.2. The maximum atomic E-state index is 12.4. The highest BCUT2D eigenvalue weighted by Crippen LogP contribution is 2.32. The van der Waals surface area contributed by atoms with Crippen molar-refractivity contribution >= 4 is 11.0 Å². The van der Waals surface area contributed by atoms with E-state index in [0.29, 0.717) is 12.5 Å². The smallest absolute Gasteiger partial charge is 0.329 e. The van der Waals surface area contributed by atoms with Crippen LogP contribution in [0.5, 0.6) is 0 Å². The van der Waals surface area contributed by atoms with Crippen molar-refractivity contribution in [2.24, 2.45) is 7.05 Å². The number of aryl methyl sites for hydroxylation is 1. The molecule has 3 aromatic heterocycles. The van der Waals surface area contributed by atoms with Gasteiger partial charge in [0, 0.05) is 25.2 Å². The summed E-state index contributed by atoms with van der Waals surface area (Å²) in [6, 6.07) is 3.86. The zero-order valence-electron chi connectivity index (χ0n) is 13.2. The minimum absolute atomic E-state index is 0.0661. The molecule has 3 heterocycles. The number of nitrogens with zero attached hydrogens (tertiary/aromatic N) is 4. The summed E-state index contributed by atoms with van der Waals surface area (Å²) in [7, 11) is 1.77. The molecule has 0 N–H and O–H groups in total. The lowest BCUT2D eigenvalue weighted by molar-refractivity contribution is 0.354. The number of hydrogen-bond donors (Lipinski definition) is 0. The second kappa shape index (κ2) is 5.68. The molecule has 0 atom stereocenters. The molecular formula is C17H20N4O2. The van der Waals surface area contributed by atoms with Crippen LogP contribution >= 0.6 is 0 Å². The Kier molecular flexibility index (Phi) is 3.52. The zero-order chi connectivity index (χ0) is 15.8. The van der Waals surface area contributed by atoms with Gasteiger partial charge in [-0.1, -0.05) is 24.4 Å². The second-order valence-corrected chi connectivity index (χ2v) is 6.35. The van der Waals surface area contributed by atoms with Gasteiger partial charge in [-0.3, -0.25) is 14.1 Å². The van der Waals surface area contributed by atoms with Crippen molar-refractivity contribution < 1.29 is 4.52 Å². The van der Waals surface area contributed by atoms with Gasteiger partial charge in [-0.05, 0) is 18.9 Å². The molecule has 23 heavy (non-hydrogen) atoms. The van der Waals surface area contributed by atoms with Gasteiger partial charge in [-0.2, -0.15) is 0 Å². The normalized spacial score (nSPS) is 16.2. The largest absolute Gasteiger partial charge is 0.359 e. The number of hydrogen-bond acceptors (Lipinski definition) is 4. The van der Waals surface area contributed by atoms with Gasteiger partial charge < -0.3 is 4.52 Å². The molecule has 120 valence electrons. The number of aromatic nitrogens is 4. The van der Waals surface area contributed by atoms with Gasteiger partial charge in [0.1, 0.15) is 0 Å². The van der Waals surface area contributed by atoms with Gasteiger partial charge in [0.15, 0.2) is 5.76 Å². The van der Waals surface area contributed by atoms with Gasteiger partial charge in [0.05, 0.1) is 29.5 Å². The van der Waals surface area contributed by atoms with Gasteiger partial charge in [-0.15, -0.1) is 0 Å². The Morgan fingerprint density at radius 3 is 2.91 bits per heavy atom. The van der Waals surface area contributed by atoms with Crippen LogP contribution in [0.3, 0.4) is 0 Å². The van der Waals surface area contributed by atoms with E-state index in [1.54, 1.807) is 28.6 Å². The zero-order valence-corrected chi connectivity index (χ0v) is 13.2. The third kappa shape index (κ3) is 2.48. The molecule has 0 aromatic carbocycles. The molecular weight excluding hydrogens is 292 g/mol. The van der Waals surface area contributed by atoms with Crippen molar-refractivity contribution in [3.8, 4) is 0 Å². The maximum absolute atomic E-state index is 12.4. The van der Waals surface area contributed by atoms with E-state index in [4.69, 9.17) is 4.52 Å². The van der Waals surface area contributed by atoms with Crippen LogP contribution in [0.1, 0.15) is 49.5 Å². The van der Waals surface area contributed by atoms with E-state index in [9.17, 15) is 4.79 Å². The summed E-state index contributed by atoms with van der Waals surface area (Å²) in [4.78, 5) is 16.6. The minimum atomic E-state index is -0.0661. The van der Waals surface area contributed by atoms with Crippen molar-refractivity contribution in [2.75, 3.05) is 0 Å². The minimum Gasteiger partial charge on any atom is -0.359 e. The Bertz CT molecular complexity index is 884. The molecule has 6 heteroatoms.